The highest BCUT2D eigenvalue weighted by Gasteiger charge is 2.03. The first-order valence-corrected chi connectivity index (χ1v) is 4.54. The minimum Gasteiger partial charge on any atom is -0.256 e. The van der Waals surface area contributed by atoms with Gasteiger partial charge in [-0.15, -0.1) is 11.6 Å². The molecule has 1 aromatic heterocycles. The SMILES string of the molecule is Cc1cnc2ccccc2c1[CH]Cl. The largest absolute Gasteiger partial charge is 0.256 e. The molecular weight excluding hydrogens is 182 g/mol. The van der Waals surface area contributed by atoms with Crippen molar-refractivity contribution in [1.29, 1.82) is 0 Å². The van der Waals surface area contributed by atoms with Crippen molar-refractivity contribution in [3.05, 3.63) is 47.5 Å². The maximum atomic E-state index is 5.76. The van der Waals surface area contributed by atoms with Gasteiger partial charge in [-0.1, -0.05) is 18.2 Å². The lowest BCUT2D eigenvalue weighted by Gasteiger charge is -2.05. The molecule has 0 saturated carbocycles. The third-order valence-corrected chi connectivity index (χ3v) is 2.34. The molecule has 1 radical (unpaired) electrons. The van der Waals surface area contributed by atoms with Gasteiger partial charge in [0.05, 0.1) is 11.4 Å². The van der Waals surface area contributed by atoms with E-state index in [0.717, 1.165) is 22.0 Å². The second-order valence-electron chi connectivity index (χ2n) is 2.98. The van der Waals surface area contributed by atoms with Gasteiger partial charge in [-0.05, 0) is 24.1 Å². The molecule has 0 unspecified atom stereocenters. The Hall–Kier alpha value is -1.08. The summed E-state index contributed by atoms with van der Waals surface area (Å²) >= 11 is 5.76. The topological polar surface area (TPSA) is 12.9 Å². The van der Waals surface area contributed by atoms with Gasteiger partial charge in [-0.3, -0.25) is 4.98 Å². The van der Waals surface area contributed by atoms with E-state index in [1.165, 1.54) is 0 Å². The molecule has 0 aliphatic carbocycles. The van der Waals surface area contributed by atoms with Gasteiger partial charge in [0.15, 0.2) is 0 Å². The fourth-order valence-electron chi connectivity index (χ4n) is 1.41. The fourth-order valence-corrected chi connectivity index (χ4v) is 1.70. The van der Waals surface area contributed by atoms with Crippen LogP contribution in [0.25, 0.3) is 10.9 Å². The third-order valence-electron chi connectivity index (χ3n) is 2.13. The molecule has 0 N–H and O–H groups in total. The zero-order chi connectivity index (χ0) is 9.26. The summed E-state index contributed by atoms with van der Waals surface area (Å²) in [6.45, 7) is 2.01. The summed E-state index contributed by atoms with van der Waals surface area (Å²) in [5.74, 6) is 1.61. The molecule has 0 bridgehead atoms. The van der Waals surface area contributed by atoms with Gasteiger partial charge >= 0.3 is 0 Å². The van der Waals surface area contributed by atoms with E-state index in [-0.39, 0.29) is 0 Å². The van der Waals surface area contributed by atoms with Gasteiger partial charge in [0.1, 0.15) is 0 Å². The van der Waals surface area contributed by atoms with E-state index in [2.05, 4.69) is 4.98 Å². The third kappa shape index (κ3) is 1.40. The van der Waals surface area contributed by atoms with Crippen LogP contribution in [0.3, 0.4) is 0 Å². The quantitative estimate of drug-likeness (QED) is 0.673. The Morgan fingerprint density at radius 3 is 2.85 bits per heavy atom. The molecule has 0 spiro atoms. The monoisotopic (exact) mass is 190 g/mol. The van der Waals surface area contributed by atoms with Crippen LogP contribution in [-0.2, 0) is 0 Å². The van der Waals surface area contributed by atoms with E-state index >= 15 is 0 Å². The number of fused-ring (bicyclic) bond motifs is 1. The number of nitrogens with zero attached hydrogens (tertiary/aromatic N) is 1. The molecule has 1 heterocycles. The number of halogens is 1. The Labute approximate surface area is 82.4 Å². The van der Waals surface area contributed by atoms with Crippen LogP contribution in [0.1, 0.15) is 11.1 Å². The molecule has 0 aliphatic rings. The van der Waals surface area contributed by atoms with Crippen molar-refractivity contribution in [2.75, 3.05) is 0 Å². The molecule has 1 nitrogen and oxygen atoms in total. The van der Waals surface area contributed by atoms with Crippen molar-refractivity contribution >= 4 is 22.5 Å². The molecule has 2 rings (SSSR count). The maximum Gasteiger partial charge on any atom is 0.0800 e. The minimum atomic E-state index is 0.986. The zero-order valence-corrected chi connectivity index (χ0v) is 8.05. The van der Waals surface area contributed by atoms with E-state index in [4.69, 9.17) is 11.6 Å². The van der Waals surface area contributed by atoms with Gasteiger partial charge in [0.25, 0.3) is 0 Å². The number of hydrogen-bond donors (Lipinski definition) is 0. The summed E-state index contributed by atoms with van der Waals surface area (Å²) in [6.07, 6.45) is 1.84. The Bertz CT molecular complexity index is 437. The van der Waals surface area contributed by atoms with Crippen LogP contribution < -0.4 is 0 Å². The Kier molecular flexibility index (Phi) is 2.19. The Balaban J connectivity index is 2.84. The Morgan fingerprint density at radius 2 is 2.08 bits per heavy atom. The molecule has 0 fully saturated rings. The summed E-state index contributed by atoms with van der Waals surface area (Å²) in [4.78, 5) is 4.31. The average Bonchev–Trinajstić information content (AvgIpc) is 2.18. The van der Waals surface area contributed by atoms with Gasteiger partial charge < -0.3 is 0 Å². The summed E-state index contributed by atoms with van der Waals surface area (Å²) < 4.78 is 0. The second-order valence-corrected chi connectivity index (χ2v) is 3.20. The van der Waals surface area contributed by atoms with Crippen LogP contribution in [0.2, 0.25) is 0 Å². The van der Waals surface area contributed by atoms with Gasteiger partial charge in [0.2, 0.25) is 0 Å². The minimum absolute atomic E-state index is 0.986. The normalized spacial score (nSPS) is 10.6. The highest BCUT2D eigenvalue weighted by Crippen LogP contribution is 2.22. The summed E-state index contributed by atoms with van der Waals surface area (Å²) in [6, 6.07) is 7.98. The van der Waals surface area contributed by atoms with Crippen LogP contribution in [0.4, 0.5) is 0 Å². The highest BCUT2D eigenvalue weighted by molar-refractivity contribution is 6.26. The number of hydrogen-bond acceptors (Lipinski definition) is 1. The molecular formula is C11H9ClN. The van der Waals surface area contributed by atoms with Gasteiger partial charge in [-0.25, -0.2) is 0 Å². The Morgan fingerprint density at radius 1 is 1.31 bits per heavy atom. The molecule has 2 aromatic rings. The predicted octanol–water partition coefficient (Wildman–Crippen LogP) is 3.29. The lowest BCUT2D eigenvalue weighted by atomic mass is 10.1. The van der Waals surface area contributed by atoms with Crippen molar-refractivity contribution < 1.29 is 0 Å². The molecule has 13 heavy (non-hydrogen) atoms. The molecule has 0 aliphatic heterocycles. The van der Waals surface area contributed by atoms with Crippen LogP contribution in [-0.4, -0.2) is 4.98 Å². The number of benzene rings is 1. The average molecular weight is 191 g/mol. The lowest BCUT2D eigenvalue weighted by molar-refractivity contribution is 1.31. The van der Waals surface area contributed by atoms with Crippen LogP contribution >= 0.6 is 11.6 Å². The number of aryl methyl sites for hydroxylation is 1. The molecule has 2 heteroatoms. The summed E-state index contributed by atoms with van der Waals surface area (Å²) in [7, 11) is 0. The maximum absolute atomic E-state index is 5.76. The van der Waals surface area contributed by atoms with E-state index < -0.39 is 0 Å². The zero-order valence-electron chi connectivity index (χ0n) is 7.29. The standard InChI is InChI=1S/C11H9ClN/c1-8-7-13-11-5-3-2-4-9(11)10(8)6-12/h2-7H,1H3. The molecule has 0 amide bonds. The predicted molar refractivity (Wildman–Crippen MR) is 55.7 cm³/mol. The van der Waals surface area contributed by atoms with E-state index in [1.807, 2.05) is 37.4 Å². The van der Waals surface area contributed by atoms with Gasteiger partial charge in [-0.2, -0.15) is 0 Å². The number of rotatable bonds is 1. The molecule has 65 valence electrons. The second kappa shape index (κ2) is 3.35. The van der Waals surface area contributed by atoms with Crippen LogP contribution in [0, 0.1) is 12.8 Å². The fraction of sp³-hybridized carbons (Fsp3) is 0.0909. The summed E-state index contributed by atoms with van der Waals surface area (Å²) in [5, 5.41) is 1.11. The molecule has 0 saturated heterocycles. The van der Waals surface area contributed by atoms with Crippen molar-refractivity contribution in [2.24, 2.45) is 0 Å². The van der Waals surface area contributed by atoms with Crippen LogP contribution in [0.5, 0.6) is 0 Å². The summed E-state index contributed by atoms with van der Waals surface area (Å²) in [5.41, 5.74) is 3.15. The van der Waals surface area contributed by atoms with E-state index in [1.54, 1.807) is 5.88 Å². The smallest absolute Gasteiger partial charge is 0.0800 e. The first-order chi connectivity index (χ1) is 6.33. The number of para-hydroxylation sites is 1. The van der Waals surface area contributed by atoms with E-state index in [9.17, 15) is 0 Å². The highest BCUT2D eigenvalue weighted by atomic mass is 35.5. The number of pyridine rings is 1. The lowest BCUT2D eigenvalue weighted by Crippen LogP contribution is -1.88. The molecule has 0 atom stereocenters. The van der Waals surface area contributed by atoms with Crippen molar-refractivity contribution in [1.82, 2.24) is 4.98 Å². The number of aromatic nitrogens is 1. The van der Waals surface area contributed by atoms with Crippen LogP contribution in [0.15, 0.2) is 30.5 Å². The van der Waals surface area contributed by atoms with Gasteiger partial charge in [0, 0.05) is 11.6 Å². The van der Waals surface area contributed by atoms with Crippen molar-refractivity contribution in [2.45, 2.75) is 6.92 Å². The first-order valence-electron chi connectivity index (χ1n) is 4.10. The van der Waals surface area contributed by atoms with Crippen molar-refractivity contribution in [3.8, 4) is 0 Å². The first kappa shape index (κ1) is 8.52. The van der Waals surface area contributed by atoms with E-state index in [0.29, 0.717) is 0 Å². The van der Waals surface area contributed by atoms with Crippen molar-refractivity contribution in [3.63, 3.8) is 0 Å². The molecule has 1 aromatic carbocycles.